The topological polar surface area (TPSA) is 93.7 Å². The van der Waals surface area contributed by atoms with E-state index in [4.69, 9.17) is 19.4 Å². The summed E-state index contributed by atoms with van der Waals surface area (Å²) in [5.74, 6) is 1.73. The van der Waals surface area contributed by atoms with E-state index in [0.29, 0.717) is 32.2 Å². The van der Waals surface area contributed by atoms with Crippen molar-refractivity contribution in [3.63, 3.8) is 0 Å². The van der Waals surface area contributed by atoms with E-state index >= 15 is 0 Å². The smallest absolute Gasteiger partial charge is 0.407 e. The van der Waals surface area contributed by atoms with E-state index in [0.717, 1.165) is 78.4 Å². The zero-order valence-corrected chi connectivity index (χ0v) is 32.8. The third-order valence-corrected chi connectivity index (χ3v) is 14.3. The van der Waals surface area contributed by atoms with Crippen LogP contribution in [0.4, 0.5) is 10.6 Å². The maximum atomic E-state index is 14.7. The van der Waals surface area contributed by atoms with Crippen LogP contribution in [0.25, 0.3) is 10.4 Å². The van der Waals surface area contributed by atoms with E-state index in [1.165, 1.54) is 30.4 Å². The molecule has 5 saturated carbocycles. The molecule has 0 aliphatic heterocycles. The molecule has 1 N–H and O–H groups in total. The molecule has 0 unspecified atom stereocenters. The lowest BCUT2D eigenvalue weighted by molar-refractivity contribution is -0.124. The molecule has 8 rings (SSSR count). The second-order valence-corrected chi connectivity index (χ2v) is 18.5. The second-order valence-electron chi connectivity index (χ2n) is 17.4. The van der Waals surface area contributed by atoms with Crippen LogP contribution in [0.5, 0.6) is 5.75 Å². The Labute approximate surface area is 314 Å². The maximum absolute atomic E-state index is 14.7. The summed E-state index contributed by atoms with van der Waals surface area (Å²) in [6.07, 6.45) is 18.6. The van der Waals surface area contributed by atoms with Crippen molar-refractivity contribution in [2.75, 3.05) is 18.6 Å². The number of nitrogens with one attached hydrogen (secondary N) is 1. The van der Waals surface area contributed by atoms with Crippen molar-refractivity contribution >= 4 is 29.2 Å². The summed E-state index contributed by atoms with van der Waals surface area (Å²) < 4.78 is 11.5. The Morgan fingerprint density at radius 1 is 0.923 bits per heavy atom. The SMILES string of the molecule is COc1ccc(C23CCC(CN(c4cc(-c5cnc(C(C)(C)C)s5)ccn4)C(=O)[C@H]4CC[C@H](OC(=O)NC5CCCCC5)CC4)(CC2)CC3)cc1C. The summed E-state index contributed by atoms with van der Waals surface area (Å²) in [6, 6.07) is 11.1. The first-order chi connectivity index (χ1) is 25.0. The molecule has 2 bridgehead atoms. The number of pyridine rings is 1. The standard InChI is InChI=1S/C43H58N4O4S/c1-29-25-32(13-16-35(29)50-5)43-21-18-42(19-22-43,20-23-43)28-47(37-26-31(17-24-44-37)36-27-45-39(52-36)41(2,3)4)38(48)30-11-14-34(15-12-30)51-40(49)46-33-9-7-6-8-10-33/h13,16-17,24-27,30,33-34H,6-12,14-15,18-23,28H2,1-5H3,(H,46,49)/t30-,34-,42?,43?. The molecule has 280 valence electrons. The van der Waals surface area contributed by atoms with Crippen LogP contribution in [-0.2, 0) is 20.4 Å². The van der Waals surface area contributed by atoms with Crippen molar-refractivity contribution in [2.24, 2.45) is 11.3 Å². The number of carbonyl (C=O) groups is 2. The number of hydrogen-bond donors (Lipinski definition) is 1. The van der Waals surface area contributed by atoms with Crippen LogP contribution in [-0.4, -0.2) is 47.8 Å². The Balaban J connectivity index is 1.08. The average Bonchev–Trinajstić information content (AvgIpc) is 3.67. The molecule has 8 nitrogen and oxygen atoms in total. The predicted molar refractivity (Wildman–Crippen MR) is 208 cm³/mol. The quantitative estimate of drug-likeness (QED) is 0.236. The van der Waals surface area contributed by atoms with Gasteiger partial charge in [-0.1, -0.05) is 52.2 Å². The highest BCUT2D eigenvalue weighted by Crippen LogP contribution is 2.58. The zero-order chi connectivity index (χ0) is 36.5. The van der Waals surface area contributed by atoms with Gasteiger partial charge in [0, 0.05) is 36.3 Å². The van der Waals surface area contributed by atoms with E-state index < -0.39 is 0 Å². The van der Waals surface area contributed by atoms with Crippen molar-refractivity contribution in [3.05, 3.63) is 58.9 Å². The Bertz CT molecular complexity index is 1710. The molecule has 5 aliphatic carbocycles. The Kier molecular flexibility index (Phi) is 10.7. The summed E-state index contributed by atoms with van der Waals surface area (Å²) in [7, 11) is 1.74. The number of ether oxygens (including phenoxy) is 2. The number of aryl methyl sites for hydroxylation is 1. The minimum atomic E-state index is -0.295. The lowest BCUT2D eigenvalue weighted by Crippen LogP contribution is -2.52. The van der Waals surface area contributed by atoms with Crippen molar-refractivity contribution in [2.45, 2.75) is 147 Å². The van der Waals surface area contributed by atoms with Gasteiger partial charge in [0.25, 0.3) is 0 Å². The highest BCUT2D eigenvalue weighted by atomic mass is 32.1. The number of thiazole rings is 1. The molecular formula is C43H58N4O4S. The number of rotatable bonds is 9. The number of fused-ring (bicyclic) bond motifs is 3. The van der Waals surface area contributed by atoms with Gasteiger partial charge in [-0.2, -0.15) is 0 Å². The molecule has 5 fully saturated rings. The average molecular weight is 727 g/mol. The van der Waals surface area contributed by atoms with Gasteiger partial charge in [-0.05, 0) is 130 Å². The molecule has 5 aliphatic rings. The van der Waals surface area contributed by atoms with Crippen LogP contribution in [0, 0.1) is 18.3 Å². The Hall–Kier alpha value is -3.46. The molecule has 52 heavy (non-hydrogen) atoms. The van der Waals surface area contributed by atoms with E-state index in [1.54, 1.807) is 18.4 Å². The number of methoxy groups -OCH3 is 1. The monoisotopic (exact) mass is 726 g/mol. The molecule has 1 aromatic carbocycles. The number of anilines is 1. The summed E-state index contributed by atoms with van der Waals surface area (Å²) in [4.78, 5) is 40.2. The first kappa shape index (κ1) is 36.9. The predicted octanol–water partition coefficient (Wildman–Crippen LogP) is 10.1. The molecule has 2 heterocycles. The fraction of sp³-hybridized carbons (Fsp3) is 0.628. The molecule has 0 atom stereocenters. The van der Waals surface area contributed by atoms with Gasteiger partial charge in [0.05, 0.1) is 17.0 Å². The summed E-state index contributed by atoms with van der Waals surface area (Å²) in [5.41, 5.74) is 3.92. The fourth-order valence-electron chi connectivity index (χ4n) is 9.47. The van der Waals surface area contributed by atoms with Gasteiger partial charge in [-0.25, -0.2) is 14.8 Å². The van der Waals surface area contributed by atoms with Crippen molar-refractivity contribution in [1.82, 2.24) is 15.3 Å². The Morgan fingerprint density at radius 3 is 2.27 bits per heavy atom. The van der Waals surface area contributed by atoms with Gasteiger partial charge in [0.1, 0.15) is 17.7 Å². The summed E-state index contributed by atoms with van der Waals surface area (Å²) in [5, 5.41) is 4.19. The molecule has 2 amide bonds. The van der Waals surface area contributed by atoms with Gasteiger partial charge in [0.15, 0.2) is 0 Å². The van der Waals surface area contributed by atoms with Gasteiger partial charge in [-0.15, -0.1) is 11.3 Å². The summed E-state index contributed by atoms with van der Waals surface area (Å²) in [6.45, 7) is 9.40. The lowest BCUT2D eigenvalue weighted by Gasteiger charge is -2.55. The van der Waals surface area contributed by atoms with Gasteiger partial charge >= 0.3 is 6.09 Å². The Morgan fingerprint density at radius 2 is 1.63 bits per heavy atom. The van der Waals surface area contributed by atoms with Crippen LogP contribution in [0.1, 0.15) is 133 Å². The molecular weight excluding hydrogens is 669 g/mol. The molecule has 3 aromatic rings. The highest BCUT2D eigenvalue weighted by molar-refractivity contribution is 7.15. The minimum Gasteiger partial charge on any atom is -0.496 e. The van der Waals surface area contributed by atoms with Crippen molar-refractivity contribution in [3.8, 4) is 16.2 Å². The number of aromatic nitrogens is 2. The van der Waals surface area contributed by atoms with Crippen LogP contribution >= 0.6 is 11.3 Å². The first-order valence-corrected chi connectivity index (χ1v) is 20.6. The fourth-order valence-corrected chi connectivity index (χ4v) is 10.4. The maximum Gasteiger partial charge on any atom is 0.407 e. The number of hydrogen-bond acceptors (Lipinski definition) is 7. The third-order valence-electron chi connectivity index (χ3n) is 12.8. The first-order valence-electron chi connectivity index (χ1n) is 19.8. The normalized spacial score (nSPS) is 26.5. The van der Waals surface area contributed by atoms with Crippen molar-refractivity contribution < 1.29 is 19.1 Å². The van der Waals surface area contributed by atoms with E-state index in [9.17, 15) is 9.59 Å². The number of carbonyl (C=O) groups excluding carboxylic acids is 2. The molecule has 0 spiro atoms. The van der Waals surface area contributed by atoms with Crippen LogP contribution in [0.15, 0.2) is 42.7 Å². The van der Waals surface area contributed by atoms with Crippen LogP contribution in [0.3, 0.4) is 0 Å². The molecule has 2 aromatic heterocycles. The number of alkyl carbamates (subject to hydrolysis) is 1. The third kappa shape index (κ3) is 7.90. The van der Waals surface area contributed by atoms with E-state index in [-0.39, 0.29) is 46.3 Å². The molecule has 9 heteroatoms. The second kappa shape index (κ2) is 15.1. The number of benzene rings is 1. The highest BCUT2D eigenvalue weighted by Gasteiger charge is 2.51. The number of nitrogens with zero attached hydrogens (tertiary/aromatic N) is 3. The summed E-state index contributed by atoms with van der Waals surface area (Å²) >= 11 is 1.72. The van der Waals surface area contributed by atoms with Crippen molar-refractivity contribution in [1.29, 1.82) is 0 Å². The van der Waals surface area contributed by atoms with E-state index in [2.05, 4.69) is 57.3 Å². The molecule has 0 radical (unpaired) electrons. The largest absolute Gasteiger partial charge is 0.496 e. The minimum absolute atomic E-state index is 0.0270. The van der Waals surface area contributed by atoms with Gasteiger partial charge < -0.3 is 14.8 Å². The van der Waals surface area contributed by atoms with Crippen LogP contribution in [0.2, 0.25) is 0 Å². The van der Waals surface area contributed by atoms with Gasteiger partial charge in [0.2, 0.25) is 5.91 Å². The number of amides is 2. The van der Waals surface area contributed by atoms with E-state index in [1.807, 2.05) is 23.4 Å². The van der Waals surface area contributed by atoms with Crippen LogP contribution < -0.4 is 15.0 Å². The lowest BCUT2D eigenvalue weighted by atomic mass is 9.51. The van der Waals surface area contributed by atoms with Gasteiger partial charge in [-0.3, -0.25) is 9.69 Å². The zero-order valence-electron chi connectivity index (χ0n) is 32.0. The molecule has 0 saturated heterocycles.